The summed E-state index contributed by atoms with van der Waals surface area (Å²) in [6.07, 6.45) is 0. The Kier molecular flexibility index (Phi) is 15.5. The second kappa shape index (κ2) is 10.4. The van der Waals surface area contributed by atoms with Gasteiger partial charge in [0.05, 0.1) is 0 Å². The molecule has 4 N–H and O–H groups in total. The first-order chi connectivity index (χ1) is 7.46. The van der Waals surface area contributed by atoms with Crippen molar-refractivity contribution in [3.63, 3.8) is 0 Å². The van der Waals surface area contributed by atoms with Gasteiger partial charge in [-0.05, 0) is 27.7 Å². The monoisotopic (exact) mass is 354 g/mol. The van der Waals surface area contributed by atoms with Gasteiger partial charge in [-0.2, -0.15) is 0 Å². The minimum atomic E-state index is -5.31. The van der Waals surface area contributed by atoms with Gasteiger partial charge < -0.3 is 20.6 Å². The molecule has 0 fully saturated rings. The van der Waals surface area contributed by atoms with Crippen LogP contribution in [0.25, 0.3) is 0 Å². The minimum Gasteiger partial charge on any atom is -0.724 e. The Morgan fingerprint density at radius 2 is 0.900 bits per heavy atom. The summed E-state index contributed by atoms with van der Waals surface area (Å²) in [4.78, 5) is 0. The van der Waals surface area contributed by atoms with Gasteiger partial charge in [-0.1, -0.05) is 0 Å². The molecule has 0 saturated carbocycles. The van der Waals surface area contributed by atoms with Crippen LogP contribution < -0.4 is 70.6 Å². The Morgan fingerprint density at radius 3 is 0.950 bits per heavy atom. The van der Waals surface area contributed by atoms with Crippen molar-refractivity contribution >= 4 is 20.8 Å². The van der Waals surface area contributed by atoms with E-state index in [1.54, 1.807) is 0 Å². The Balaban J connectivity index is -0.000000119. The van der Waals surface area contributed by atoms with Crippen molar-refractivity contribution in [1.29, 1.82) is 0 Å². The molecule has 0 aliphatic carbocycles. The standard InChI is InChI=1S/C6H16N2.2Na.H2O8S2/c1-5(2,7)6(3,4)8;;;1-9(2,3)7-8-10(4,5)6/h7-8H2,1-4H3;;;(H,1,2,3)(H,4,5,6)/q;2*+1;/p-2. The summed E-state index contributed by atoms with van der Waals surface area (Å²) in [5.41, 5.74) is 10.8. The van der Waals surface area contributed by atoms with Crippen molar-refractivity contribution in [1.82, 2.24) is 0 Å². The van der Waals surface area contributed by atoms with Gasteiger partial charge in [-0.15, -0.1) is 8.67 Å². The number of rotatable bonds is 4. The van der Waals surface area contributed by atoms with E-state index >= 15 is 0 Å². The van der Waals surface area contributed by atoms with Gasteiger partial charge in [-0.25, -0.2) is 16.8 Å². The molecular formula is C6H16N2Na2O8S2. The van der Waals surface area contributed by atoms with Crippen molar-refractivity contribution in [2.24, 2.45) is 11.5 Å². The summed E-state index contributed by atoms with van der Waals surface area (Å²) in [7, 11) is -10.6. The minimum absolute atomic E-state index is 0. The zero-order valence-corrected chi connectivity index (χ0v) is 17.9. The number of nitrogens with two attached hydrogens (primary N) is 2. The van der Waals surface area contributed by atoms with E-state index in [9.17, 15) is 25.9 Å². The van der Waals surface area contributed by atoms with Gasteiger partial charge in [-0.3, -0.25) is 0 Å². The predicted octanol–water partition coefficient (Wildman–Crippen LogP) is -7.68. The topological polar surface area (TPSA) is 185 Å². The molecule has 0 aliphatic heterocycles. The van der Waals surface area contributed by atoms with Crippen LogP contribution >= 0.6 is 0 Å². The molecule has 0 radical (unpaired) electrons. The normalized spacial score (nSPS) is 12.4. The quantitative estimate of drug-likeness (QED) is 0.161. The van der Waals surface area contributed by atoms with E-state index in [1.807, 2.05) is 27.7 Å². The van der Waals surface area contributed by atoms with Crippen molar-refractivity contribution in [2.75, 3.05) is 0 Å². The second-order valence-electron chi connectivity index (χ2n) is 4.40. The van der Waals surface area contributed by atoms with Crippen LogP contribution in [-0.2, 0) is 29.5 Å². The van der Waals surface area contributed by atoms with Crippen LogP contribution in [0.15, 0.2) is 0 Å². The summed E-state index contributed by atoms with van der Waals surface area (Å²) in [6, 6.07) is 0. The van der Waals surface area contributed by atoms with Crippen LogP contribution in [0, 0.1) is 0 Å². The van der Waals surface area contributed by atoms with E-state index in [0.717, 1.165) is 0 Å². The smallest absolute Gasteiger partial charge is 0.724 e. The molecule has 20 heavy (non-hydrogen) atoms. The van der Waals surface area contributed by atoms with Crippen molar-refractivity contribution in [3.8, 4) is 0 Å². The van der Waals surface area contributed by atoms with Crippen molar-refractivity contribution in [3.05, 3.63) is 0 Å². The Hall–Kier alpha value is 1.66. The second-order valence-corrected chi connectivity index (χ2v) is 6.30. The van der Waals surface area contributed by atoms with Crippen molar-refractivity contribution in [2.45, 2.75) is 38.8 Å². The average Bonchev–Trinajstić information content (AvgIpc) is 1.95. The number of hydrogen-bond donors (Lipinski definition) is 2. The zero-order valence-electron chi connectivity index (χ0n) is 12.2. The van der Waals surface area contributed by atoms with Crippen molar-refractivity contribution < 1.29 is 93.7 Å². The van der Waals surface area contributed by atoms with E-state index in [0.29, 0.717) is 0 Å². The van der Waals surface area contributed by atoms with Gasteiger partial charge in [0.2, 0.25) is 20.8 Å². The summed E-state index contributed by atoms with van der Waals surface area (Å²) >= 11 is 0. The zero-order chi connectivity index (χ0) is 15.4. The molecule has 0 amide bonds. The Bertz CT molecular complexity index is 406. The molecule has 0 spiro atoms. The Labute approximate surface area is 163 Å². The third kappa shape index (κ3) is 21.9. The predicted molar refractivity (Wildman–Crippen MR) is 58.1 cm³/mol. The molecule has 0 unspecified atom stereocenters. The molecule has 0 aromatic heterocycles. The largest absolute Gasteiger partial charge is 1.00 e. The molecule has 0 saturated heterocycles. The molecule has 0 heterocycles. The maximum atomic E-state index is 9.37. The van der Waals surface area contributed by atoms with Crippen LogP contribution in [0.3, 0.4) is 0 Å². The van der Waals surface area contributed by atoms with E-state index < -0.39 is 20.8 Å². The number of hydrogen-bond acceptors (Lipinski definition) is 10. The van der Waals surface area contributed by atoms with E-state index in [2.05, 4.69) is 8.67 Å². The van der Waals surface area contributed by atoms with Crippen LogP contribution in [-0.4, -0.2) is 37.0 Å². The van der Waals surface area contributed by atoms with E-state index in [1.165, 1.54) is 0 Å². The fraction of sp³-hybridized carbons (Fsp3) is 1.00. The molecule has 0 aromatic rings. The fourth-order valence-corrected chi connectivity index (χ4v) is 0.612. The average molecular weight is 354 g/mol. The van der Waals surface area contributed by atoms with Gasteiger partial charge >= 0.3 is 59.1 Å². The summed E-state index contributed by atoms with van der Waals surface area (Å²) in [5, 5.41) is 0. The molecular weight excluding hydrogens is 338 g/mol. The molecule has 0 atom stereocenters. The molecule has 0 aromatic carbocycles. The van der Waals surface area contributed by atoms with E-state index in [4.69, 9.17) is 11.5 Å². The Morgan fingerprint density at radius 1 is 0.750 bits per heavy atom. The summed E-state index contributed by atoms with van der Waals surface area (Å²) in [6.45, 7) is 7.69. The molecule has 0 rings (SSSR count). The van der Waals surface area contributed by atoms with E-state index in [-0.39, 0.29) is 70.2 Å². The third-order valence-electron chi connectivity index (χ3n) is 1.86. The molecule has 10 nitrogen and oxygen atoms in total. The van der Waals surface area contributed by atoms with Crippen LogP contribution in [0.4, 0.5) is 0 Å². The SMILES string of the molecule is CC(C)(N)C(C)(C)N.O=S(=O)([O-])OOS(=O)(=O)[O-].[Na+].[Na+]. The molecule has 0 bridgehead atoms. The maximum Gasteiger partial charge on any atom is 1.00 e. The summed E-state index contributed by atoms with van der Waals surface area (Å²) in [5.74, 6) is 0. The summed E-state index contributed by atoms with van der Waals surface area (Å²) < 4.78 is 61.5. The molecule has 112 valence electrons. The maximum absolute atomic E-state index is 9.37. The van der Waals surface area contributed by atoms with Crippen LogP contribution in [0.2, 0.25) is 0 Å². The van der Waals surface area contributed by atoms with Crippen LogP contribution in [0.1, 0.15) is 27.7 Å². The molecule has 0 aliphatic rings. The van der Waals surface area contributed by atoms with Gasteiger partial charge in [0, 0.05) is 11.1 Å². The van der Waals surface area contributed by atoms with Gasteiger partial charge in [0.25, 0.3) is 0 Å². The first-order valence-electron chi connectivity index (χ1n) is 4.33. The fourth-order valence-electron chi connectivity index (χ4n) is 0.0680. The van der Waals surface area contributed by atoms with Crippen LogP contribution in [0.5, 0.6) is 0 Å². The first-order valence-corrected chi connectivity index (χ1v) is 6.99. The molecule has 14 heteroatoms. The first kappa shape index (κ1) is 29.6. The third-order valence-corrected chi connectivity index (χ3v) is 2.41. The van der Waals surface area contributed by atoms with Gasteiger partial charge in [0.15, 0.2) is 0 Å². The van der Waals surface area contributed by atoms with Gasteiger partial charge in [0.1, 0.15) is 0 Å².